The van der Waals surface area contributed by atoms with Crippen molar-refractivity contribution in [1.82, 2.24) is 20.3 Å². The molecule has 29 heavy (non-hydrogen) atoms. The molecular weight excluding hydrogens is 375 g/mol. The van der Waals surface area contributed by atoms with E-state index in [2.05, 4.69) is 40.8 Å². The predicted octanol–water partition coefficient (Wildman–Crippen LogP) is 3.41. The first-order valence-electron chi connectivity index (χ1n) is 8.68. The third-order valence-corrected chi connectivity index (χ3v) is 4.01. The number of anilines is 4. The van der Waals surface area contributed by atoms with Gasteiger partial charge in [0.05, 0.1) is 6.21 Å². The van der Waals surface area contributed by atoms with E-state index in [-0.39, 0.29) is 17.1 Å². The smallest absolute Gasteiger partial charge is 0.245 e. The molecule has 0 saturated heterocycles. The highest BCUT2D eigenvalue weighted by atomic mass is 19.1. The Labute approximate surface area is 165 Å². The largest absolute Gasteiger partial charge is 0.378 e. The van der Waals surface area contributed by atoms with E-state index in [0.717, 1.165) is 11.3 Å². The molecule has 0 amide bonds. The van der Waals surface area contributed by atoms with E-state index in [1.165, 1.54) is 12.1 Å². The molecule has 0 saturated carbocycles. The predicted molar refractivity (Wildman–Crippen MR) is 109 cm³/mol. The summed E-state index contributed by atoms with van der Waals surface area (Å²) in [7, 11) is 3.96. The van der Waals surface area contributed by atoms with Crippen LogP contribution in [0.15, 0.2) is 58.3 Å². The van der Waals surface area contributed by atoms with Crippen molar-refractivity contribution in [2.75, 3.05) is 29.7 Å². The first-order valence-corrected chi connectivity index (χ1v) is 8.68. The molecule has 0 bridgehead atoms. The molecule has 0 aliphatic heterocycles. The Hall–Kier alpha value is -4.08. The number of halogens is 1. The summed E-state index contributed by atoms with van der Waals surface area (Å²) in [5.41, 5.74) is 5.96. The number of fused-ring (bicyclic) bond motifs is 1. The second-order valence-electron chi connectivity index (χ2n) is 6.32. The van der Waals surface area contributed by atoms with E-state index in [0.29, 0.717) is 17.3 Å². The zero-order valence-electron chi connectivity index (χ0n) is 15.7. The van der Waals surface area contributed by atoms with E-state index in [9.17, 15) is 4.39 Å². The first kappa shape index (κ1) is 18.3. The van der Waals surface area contributed by atoms with Crippen LogP contribution < -0.4 is 15.6 Å². The lowest BCUT2D eigenvalue weighted by molar-refractivity contribution is 0.314. The highest BCUT2D eigenvalue weighted by Crippen LogP contribution is 2.24. The number of nitrogens with zero attached hydrogens (tertiary/aromatic N) is 6. The minimum atomic E-state index is -0.332. The van der Waals surface area contributed by atoms with Crippen molar-refractivity contribution in [1.29, 1.82) is 0 Å². The zero-order chi connectivity index (χ0) is 20.2. The normalized spacial score (nSPS) is 11.1. The minimum absolute atomic E-state index is 0.239. The van der Waals surface area contributed by atoms with Crippen LogP contribution in [0.2, 0.25) is 0 Å². The highest BCUT2D eigenvalue weighted by Gasteiger charge is 2.12. The first-order chi connectivity index (χ1) is 14.1. The van der Waals surface area contributed by atoms with Gasteiger partial charge >= 0.3 is 0 Å². The molecule has 0 aliphatic rings. The monoisotopic (exact) mass is 392 g/mol. The van der Waals surface area contributed by atoms with Gasteiger partial charge in [0, 0.05) is 25.5 Å². The van der Waals surface area contributed by atoms with E-state index in [1.807, 2.05) is 43.3 Å². The Morgan fingerprint density at radius 3 is 2.24 bits per heavy atom. The number of benzene rings is 2. The lowest BCUT2D eigenvalue weighted by atomic mass is 10.2. The Balaban J connectivity index is 1.57. The van der Waals surface area contributed by atoms with Crippen LogP contribution in [0.25, 0.3) is 11.3 Å². The molecule has 0 unspecified atom stereocenters. The lowest BCUT2D eigenvalue weighted by Gasteiger charge is -2.11. The van der Waals surface area contributed by atoms with Gasteiger partial charge in [-0.3, -0.25) is 5.43 Å². The van der Waals surface area contributed by atoms with Gasteiger partial charge in [-0.25, -0.2) is 14.0 Å². The molecule has 2 aromatic carbocycles. The van der Waals surface area contributed by atoms with Gasteiger partial charge in [0.15, 0.2) is 11.6 Å². The van der Waals surface area contributed by atoms with Crippen molar-refractivity contribution in [2.24, 2.45) is 5.10 Å². The molecule has 2 heterocycles. The second kappa shape index (κ2) is 7.89. The van der Waals surface area contributed by atoms with Gasteiger partial charge in [-0.1, -0.05) is 12.1 Å². The van der Waals surface area contributed by atoms with Crippen LogP contribution in [0.3, 0.4) is 0 Å². The molecule has 2 N–H and O–H groups in total. The van der Waals surface area contributed by atoms with Gasteiger partial charge in [0.1, 0.15) is 5.82 Å². The van der Waals surface area contributed by atoms with Crippen LogP contribution >= 0.6 is 0 Å². The van der Waals surface area contributed by atoms with Crippen LogP contribution in [-0.4, -0.2) is 40.6 Å². The quantitative estimate of drug-likeness (QED) is 0.380. The third kappa shape index (κ3) is 4.26. The number of aromatic nitrogens is 4. The van der Waals surface area contributed by atoms with E-state index >= 15 is 0 Å². The number of hydrazone groups is 1. The summed E-state index contributed by atoms with van der Waals surface area (Å²) in [5.74, 6) is 0.333. The van der Waals surface area contributed by atoms with Gasteiger partial charge in [-0.15, -0.1) is 0 Å². The molecule has 10 heteroatoms. The minimum Gasteiger partial charge on any atom is -0.378 e. The molecule has 2 aromatic heterocycles. The summed E-state index contributed by atoms with van der Waals surface area (Å²) in [5, 5.41) is 14.7. The van der Waals surface area contributed by atoms with Crippen LogP contribution in [0.5, 0.6) is 0 Å². The van der Waals surface area contributed by atoms with Crippen LogP contribution in [-0.2, 0) is 0 Å². The molecule has 0 fully saturated rings. The van der Waals surface area contributed by atoms with Crippen LogP contribution in [0.4, 0.5) is 27.4 Å². The van der Waals surface area contributed by atoms with Crippen LogP contribution in [0.1, 0.15) is 5.56 Å². The Morgan fingerprint density at radius 1 is 0.931 bits per heavy atom. The van der Waals surface area contributed by atoms with Crippen molar-refractivity contribution in [3.63, 3.8) is 0 Å². The fourth-order valence-corrected chi connectivity index (χ4v) is 2.50. The average Bonchev–Trinajstić information content (AvgIpc) is 3.17. The van der Waals surface area contributed by atoms with Gasteiger partial charge in [-0.2, -0.15) is 10.1 Å². The summed E-state index contributed by atoms with van der Waals surface area (Å²) in [4.78, 5) is 10.7. The van der Waals surface area contributed by atoms with Crippen molar-refractivity contribution in [3.8, 4) is 0 Å². The van der Waals surface area contributed by atoms with Crippen molar-refractivity contribution >= 4 is 40.5 Å². The Morgan fingerprint density at radius 2 is 1.59 bits per heavy atom. The average molecular weight is 392 g/mol. The molecule has 0 spiro atoms. The SMILES string of the molecule is CN(C)c1ccc(/C=N\Nc2nc3nonc3nc2Nc2ccc(F)cc2)cc1. The van der Waals surface area contributed by atoms with Crippen molar-refractivity contribution in [3.05, 3.63) is 59.9 Å². The zero-order valence-corrected chi connectivity index (χ0v) is 15.7. The summed E-state index contributed by atoms with van der Waals surface area (Å²) < 4.78 is 17.8. The Kier molecular flexibility index (Phi) is 4.97. The maximum atomic E-state index is 13.1. The fraction of sp³-hybridized carbons (Fsp3) is 0.105. The molecule has 0 aliphatic carbocycles. The summed E-state index contributed by atoms with van der Waals surface area (Å²) in [6, 6.07) is 13.8. The topological polar surface area (TPSA) is 104 Å². The second-order valence-corrected chi connectivity index (χ2v) is 6.32. The fourth-order valence-electron chi connectivity index (χ4n) is 2.50. The maximum Gasteiger partial charge on any atom is 0.245 e. The third-order valence-electron chi connectivity index (χ3n) is 4.01. The summed E-state index contributed by atoms with van der Waals surface area (Å²) in [6.45, 7) is 0. The standard InChI is InChI=1S/C19H17FN8O/c1-28(2)15-9-3-12(4-10-15)11-21-25-17-16(22-14-7-5-13(20)6-8-14)23-18-19(24-17)27-29-26-18/h3-11H,1-2H3,(H,22,23,26)(H,24,25,27)/b21-11-. The van der Waals surface area contributed by atoms with Gasteiger partial charge in [0.25, 0.3) is 0 Å². The maximum absolute atomic E-state index is 13.1. The number of hydrogen-bond donors (Lipinski definition) is 2. The van der Waals surface area contributed by atoms with Gasteiger partial charge in [0.2, 0.25) is 11.3 Å². The van der Waals surface area contributed by atoms with Crippen molar-refractivity contribution in [2.45, 2.75) is 0 Å². The summed E-state index contributed by atoms with van der Waals surface area (Å²) in [6.07, 6.45) is 1.66. The lowest BCUT2D eigenvalue weighted by Crippen LogP contribution is -2.08. The summed E-state index contributed by atoms with van der Waals surface area (Å²) >= 11 is 0. The molecule has 0 atom stereocenters. The molecule has 146 valence electrons. The Bertz CT molecular complexity index is 1140. The molecule has 4 aromatic rings. The molecule has 0 radical (unpaired) electrons. The van der Waals surface area contributed by atoms with E-state index < -0.39 is 0 Å². The van der Waals surface area contributed by atoms with Crippen LogP contribution in [0, 0.1) is 5.82 Å². The van der Waals surface area contributed by atoms with Crippen molar-refractivity contribution < 1.29 is 9.02 Å². The molecular formula is C19H17FN8O. The van der Waals surface area contributed by atoms with E-state index in [4.69, 9.17) is 0 Å². The van der Waals surface area contributed by atoms with Gasteiger partial charge < -0.3 is 10.2 Å². The van der Waals surface area contributed by atoms with Gasteiger partial charge in [-0.05, 0) is 52.3 Å². The number of nitrogens with one attached hydrogen (secondary N) is 2. The highest BCUT2D eigenvalue weighted by molar-refractivity contribution is 5.82. The van der Waals surface area contributed by atoms with E-state index in [1.54, 1.807) is 18.3 Å². The number of rotatable bonds is 6. The molecule has 9 nitrogen and oxygen atoms in total. The molecule has 4 rings (SSSR count). The number of hydrogen-bond acceptors (Lipinski definition) is 9.